The molecule has 7 nitrogen and oxygen atoms in total. The van der Waals surface area contributed by atoms with Gasteiger partial charge in [0.15, 0.2) is 10.8 Å². The Morgan fingerprint density at radius 3 is 2.96 bits per heavy atom. The van der Waals surface area contributed by atoms with Crippen LogP contribution in [0.2, 0.25) is 0 Å². The fourth-order valence-electron chi connectivity index (χ4n) is 3.29. The molecule has 1 saturated heterocycles. The summed E-state index contributed by atoms with van der Waals surface area (Å²) in [6.07, 6.45) is 3.75. The zero-order valence-corrected chi connectivity index (χ0v) is 16.5. The second-order valence-corrected chi connectivity index (χ2v) is 7.66. The Labute approximate surface area is 161 Å². The molecule has 1 amide bonds. The van der Waals surface area contributed by atoms with E-state index in [1.54, 1.807) is 36.0 Å². The van der Waals surface area contributed by atoms with Crippen molar-refractivity contribution >= 4 is 32.6 Å². The number of thiazole rings is 1. The molecule has 0 saturated carbocycles. The topological polar surface area (TPSA) is 69.5 Å². The van der Waals surface area contributed by atoms with Crippen molar-refractivity contribution in [2.75, 3.05) is 25.2 Å². The van der Waals surface area contributed by atoms with Crippen LogP contribution in [0, 0.1) is 6.92 Å². The highest BCUT2D eigenvalue weighted by Crippen LogP contribution is 2.37. The molecule has 1 fully saturated rings. The number of benzene rings is 1. The van der Waals surface area contributed by atoms with Crippen molar-refractivity contribution in [1.82, 2.24) is 14.8 Å². The number of anilines is 1. The lowest BCUT2D eigenvalue weighted by Crippen LogP contribution is -2.37. The minimum Gasteiger partial charge on any atom is -0.494 e. The van der Waals surface area contributed by atoms with E-state index in [1.807, 2.05) is 19.1 Å². The summed E-state index contributed by atoms with van der Waals surface area (Å²) >= 11 is 1.50. The monoisotopic (exact) mass is 386 g/mol. The number of carbonyl (C=O) groups excluding carboxylic acids is 1. The first-order valence-electron chi connectivity index (χ1n) is 8.94. The van der Waals surface area contributed by atoms with Crippen LogP contribution < -0.4 is 9.64 Å². The number of aromatic nitrogens is 3. The smallest absolute Gasteiger partial charge is 0.280 e. The van der Waals surface area contributed by atoms with Crippen molar-refractivity contribution < 1.29 is 14.3 Å². The first-order valence-corrected chi connectivity index (χ1v) is 9.75. The van der Waals surface area contributed by atoms with Crippen molar-refractivity contribution in [2.45, 2.75) is 25.9 Å². The highest BCUT2D eigenvalue weighted by atomic mass is 32.1. The number of aryl methyl sites for hydroxylation is 2. The van der Waals surface area contributed by atoms with E-state index in [4.69, 9.17) is 14.5 Å². The largest absolute Gasteiger partial charge is 0.494 e. The average molecular weight is 386 g/mol. The van der Waals surface area contributed by atoms with E-state index in [1.165, 1.54) is 11.3 Å². The number of fused-ring (bicyclic) bond motifs is 1. The summed E-state index contributed by atoms with van der Waals surface area (Å²) in [6, 6.07) is 5.64. The summed E-state index contributed by atoms with van der Waals surface area (Å²) in [5.41, 5.74) is 2.29. The van der Waals surface area contributed by atoms with Crippen LogP contribution in [-0.4, -0.2) is 47.0 Å². The van der Waals surface area contributed by atoms with E-state index >= 15 is 0 Å². The van der Waals surface area contributed by atoms with Crippen molar-refractivity contribution in [3.63, 3.8) is 0 Å². The van der Waals surface area contributed by atoms with Gasteiger partial charge in [0.25, 0.3) is 5.91 Å². The van der Waals surface area contributed by atoms with Crippen LogP contribution in [0.4, 0.5) is 5.13 Å². The summed E-state index contributed by atoms with van der Waals surface area (Å²) in [6.45, 7) is 3.24. The Morgan fingerprint density at radius 1 is 1.44 bits per heavy atom. The van der Waals surface area contributed by atoms with Gasteiger partial charge in [-0.3, -0.25) is 14.4 Å². The molecule has 0 N–H and O–H groups in total. The number of rotatable bonds is 5. The lowest BCUT2D eigenvalue weighted by Gasteiger charge is -2.22. The summed E-state index contributed by atoms with van der Waals surface area (Å²) < 4.78 is 13.9. The van der Waals surface area contributed by atoms with Crippen LogP contribution in [0.25, 0.3) is 10.2 Å². The number of carbonyl (C=O) groups is 1. The fourth-order valence-corrected chi connectivity index (χ4v) is 4.34. The summed E-state index contributed by atoms with van der Waals surface area (Å²) in [5.74, 6) is 0.544. The van der Waals surface area contributed by atoms with Gasteiger partial charge >= 0.3 is 0 Å². The van der Waals surface area contributed by atoms with Crippen LogP contribution in [0.1, 0.15) is 28.9 Å². The van der Waals surface area contributed by atoms with Gasteiger partial charge in [0, 0.05) is 19.9 Å². The summed E-state index contributed by atoms with van der Waals surface area (Å²) in [4.78, 5) is 19.6. The molecule has 0 spiro atoms. The number of amides is 1. The molecule has 4 rings (SSSR count). The number of ether oxygens (including phenoxy) is 2. The van der Waals surface area contributed by atoms with E-state index in [-0.39, 0.29) is 12.0 Å². The maximum Gasteiger partial charge on any atom is 0.280 e. The van der Waals surface area contributed by atoms with Crippen LogP contribution in [0.3, 0.4) is 0 Å². The molecule has 0 radical (unpaired) electrons. The predicted molar refractivity (Wildman–Crippen MR) is 105 cm³/mol. The van der Waals surface area contributed by atoms with Gasteiger partial charge in [0.2, 0.25) is 0 Å². The molecule has 1 aromatic carbocycles. The molecule has 1 aliphatic rings. The lowest BCUT2D eigenvalue weighted by molar-refractivity contribution is 0.0913. The molecule has 8 heteroatoms. The third kappa shape index (κ3) is 3.42. The molecule has 1 aliphatic heterocycles. The minimum absolute atomic E-state index is 0.0210. The van der Waals surface area contributed by atoms with Gasteiger partial charge in [-0.1, -0.05) is 17.4 Å². The molecule has 0 unspecified atom stereocenters. The van der Waals surface area contributed by atoms with E-state index < -0.39 is 0 Å². The van der Waals surface area contributed by atoms with E-state index in [9.17, 15) is 4.79 Å². The number of hydrogen-bond donors (Lipinski definition) is 0. The van der Waals surface area contributed by atoms with Gasteiger partial charge in [-0.15, -0.1) is 0 Å². The van der Waals surface area contributed by atoms with Crippen molar-refractivity contribution in [3.05, 3.63) is 35.7 Å². The molecule has 142 valence electrons. The minimum atomic E-state index is -0.165. The van der Waals surface area contributed by atoms with Gasteiger partial charge in [-0.25, -0.2) is 4.98 Å². The molecule has 2 aromatic heterocycles. The zero-order chi connectivity index (χ0) is 19.0. The lowest BCUT2D eigenvalue weighted by atomic mass is 10.2. The molecule has 1 atom stereocenters. The van der Waals surface area contributed by atoms with E-state index in [2.05, 4.69) is 5.10 Å². The maximum absolute atomic E-state index is 13.2. The molecule has 3 aromatic rings. The zero-order valence-electron chi connectivity index (χ0n) is 15.6. The van der Waals surface area contributed by atoms with Crippen molar-refractivity contribution in [1.29, 1.82) is 0 Å². The molecular formula is C19H22N4O3S. The third-order valence-electron chi connectivity index (χ3n) is 4.73. The average Bonchev–Trinajstić information content (AvgIpc) is 3.40. The first-order chi connectivity index (χ1) is 13.1. The van der Waals surface area contributed by atoms with Gasteiger partial charge in [-0.05, 0) is 37.5 Å². The van der Waals surface area contributed by atoms with Gasteiger partial charge in [-0.2, -0.15) is 5.10 Å². The SMILES string of the molecule is COc1ccc(C)c2sc(N(C[C@H]3CCCO3)C(=O)c3ccn(C)n3)nc12. The van der Waals surface area contributed by atoms with Crippen LogP contribution in [-0.2, 0) is 11.8 Å². The highest BCUT2D eigenvalue weighted by molar-refractivity contribution is 7.22. The number of methoxy groups -OCH3 is 1. The van der Waals surface area contributed by atoms with Crippen molar-refractivity contribution in [3.8, 4) is 5.75 Å². The predicted octanol–water partition coefficient (Wildman–Crippen LogP) is 3.17. The Bertz CT molecular complexity index is 975. The van der Waals surface area contributed by atoms with Crippen LogP contribution >= 0.6 is 11.3 Å². The summed E-state index contributed by atoms with van der Waals surface area (Å²) in [7, 11) is 3.43. The second-order valence-electron chi connectivity index (χ2n) is 6.68. The first kappa shape index (κ1) is 17.9. The van der Waals surface area contributed by atoms with Crippen LogP contribution in [0.15, 0.2) is 24.4 Å². The Kier molecular flexibility index (Phi) is 4.84. The molecule has 27 heavy (non-hydrogen) atoms. The number of hydrogen-bond acceptors (Lipinski definition) is 6. The quantitative estimate of drug-likeness (QED) is 0.674. The second kappa shape index (κ2) is 7.28. The molecule has 0 aliphatic carbocycles. The Hall–Kier alpha value is -2.45. The number of nitrogens with zero attached hydrogens (tertiary/aromatic N) is 4. The fraction of sp³-hybridized carbons (Fsp3) is 0.421. The van der Waals surface area contributed by atoms with Gasteiger partial charge in [0.05, 0.1) is 24.5 Å². The van der Waals surface area contributed by atoms with Gasteiger partial charge < -0.3 is 9.47 Å². The van der Waals surface area contributed by atoms with Crippen LogP contribution in [0.5, 0.6) is 5.75 Å². The Morgan fingerprint density at radius 2 is 2.30 bits per heavy atom. The summed E-state index contributed by atoms with van der Waals surface area (Å²) in [5, 5.41) is 4.92. The molecular weight excluding hydrogens is 364 g/mol. The molecule has 0 bridgehead atoms. The molecule has 3 heterocycles. The van der Waals surface area contributed by atoms with E-state index in [0.29, 0.717) is 23.1 Å². The van der Waals surface area contributed by atoms with E-state index in [0.717, 1.165) is 35.2 Å². The normalized spacial score (nSPS) is 16.8. The van der Waals surface area contributed by atoms with Crippen molar-refractivity contribution in [2.24, 2.45) is 7.05 Å². The highest BCUT2D eigenvalue weighted by Gasteiger charge is 2.28. The van der Waals surface area contributed by atoms with Gasteiger partial charge in [0.1, 0.15) is 11.3 Å². The standard InChI is InChI=1S/C19H22N4O3S/c1-12-6-7-15(25-3)16-17(12)27-19(20-16)23(11-13-5-4-10-26-13)18(24)14-8-9-22(2)21-14/h6-9,13H,4-5,10-11H2,1-3H3/t13-/m1/s1. The maximum atomic E-state index is 13.2. The Balaban J connectivity index is 1.76. The third-order valence-corrected chi connectivity index (χ3v) is 5.94.